The van der Waals surface area contributed by atoms with Crippen LogP contribution in [0.5, 0.6) is 0 Å². The standard InChI is InChI=1S/C9H5ClF3N3S2/c10-8-16-15-7(18-8)4-17-6-2-1-5(3-14-6)9(11,12)13/h1-3H,4H2. The predicted molar refractivity (Wildman–Crippen MR) is 63.7 cm³/mol. The van der Waals surface area contributed by atoms with Crippen LogP contribution in [-0.4, -0.2) is 15.2 Å². The minimum atomic E-state index is -4.36. The van der Waals surface area contributed by atoms with Gasteiger partial charge >= 0.3 is 6.18 Å². The Balaban J connectivity index is 1.98. The van der Waals surface area contributed by atoms with E-state index >= 15 is 0 Å². The number of hydrogen-bond acceptors (Lipinski definition) is 5. The molecule has 9 heteroatoms. The molecule has 96 valence electrons. The van der Waals surface area contributed by atoms with E-state index < -0.39 is 11.7 Å². The van der Waals surface area contributed by atoms with Crippen LogP contribution in [0.15, 0.2) is 23.4 Å². The summed E-state index contributed by atoms with van der Waals surface area (Å²) in [5, 5.41) is 8.62. The molecule has 0 atom stereocenters. The van der Waals surface area contributed by atoms with Gasteiger partial charge in [0.1, 0.15) is 5.01 Å². The Morgan fingerprint density at radius 2 is 2.06 bits per heavy atom. The summed E-state index contributed by atoms with van der Waals surface area (Å²) >= 11 is 8.11. The van der Waals surface area contributed by atoms with E-state index in [1.54, 1.807) is 0 Å². The van der Waals surface area contributed by atoms with Gasteiger partial charge in [0, 0.05) is 6.20 Å². The molecule has 0 amide bonds. The van der Waals surface area contributed by atoms with E-state index in [9.17, 15) is 13.2 Å². The van der Waals surface area contributed by atoms with Gasteiger partial charge in [-0.05, 0) is 23.7 Å². The molecule has 2 heterocycles. The molecule has 0 saturated carbocycles. The van der Waals surface area contributed by atoms with Crippen molar-refractivity contribution >= 4 is 34.7 Å². The van der Waals surface area contributed by atoms with E-state index in [4.69, 9.17) is 11.6 Å². The van der Waals surface area contributed by atoms with Gasteiger partial charge < -0.3 is 0 Å². The third kappa shape index (κ3) is 3.56. The van der Waals surface area contributed by atoms with Crippen LogP contribution in [0.4, 0.5) is 13.2 Å². The Hall–Kier alpha value is -0.860. The fraction of sp³-hybridized carbons (Fsp3) is 0.222. The average molecular weight is 312 g/mol. The van der Waals surface area contributed by atoms with Crippen molar-refractivity contribution in [2.24, 2.45) is 0 Å². The van der Waals surface area contributed by atoms with Crippen molar-refractivity contribution in [2.45, 2.75) is 17.0 Å². The lowest BCUT2D eigenvalue weighted by molar-refractivity contribution is -0.137. The van der Waals surface area contributed by atoms with Crippen molar-refractivity contribution in [3.63, 3.8) is 0 Å². The summed E-state index contributed by atoms with van der Waals surface area (Å²) in [6.45, 7) is 0. The molecule has 0 fully saturated rings. The number of nitrogens with zero attached hydrogens (tertiary/aromatic N) is 3. The zero-order valence-corrected chi connectivity index (χ0v) is 11.0. The highest BCUT2D eigenvalue weighted by Gasteiger charge is 2.30. The molecule has 0 bridgehead atoms. The topological polar surface area (TPSA) is 38.7 Å². The van der Waals surface area contributed by atoms with Gasteiger partial charge in [-0.3, -0.25) is 0 Å². The minimum Gasteiger partial charge on any atom is -0.249 e. The number of thioether (sulfide) groups is 1. The van der Waals surface area contributed by atoms with E-state index in [2.05, 4.69) is 15.2 Å². The zero-order valence-electron chi connectivity index (χ0n) is 8.61. The van der Waals surface area contributed by atoms with Gasteiger partial charge in [0.2, 0.25) is 4.47 Å². The minimum absolute atomic E-state index is 0.339. The Morgan fingerprint density at radius 1 is 1.28 bits per heavy atom. The number of pyridine rings is 1. The lowest BCUT2D eigenvalue weighted by Crippen LogP contribution is -2.05. The highest BCUT2D eigenvalue weighted by atomic mass is 35.5. The molecular formula is C9H5ClF3N3S2. The van der Waals surface area contributed by atoms with Gasteiger partial charge in [0.25, 0.3) is 0 Å². The largest absolute Gasteiger partial charge is 0.417 e. The maximum atomic E-state index is 12.3. The van der Waals surface area contributed by atoms with E-state index in [1.165, 1.54) is 29.2 Å². The van der Waals surface area contributed by atoms with Crippen molar-refractivity contribution in [1.82, 2.24) is 15.2 Å². The molecule has 3 nitrogen and oxygen atoms in total. The fourth-order valence-electron chi connectivity index (χ4n) is 1.06. The summed E-state index contributed by atoms with van der Waals surface area (Å²) in [5.74, 6) is 0.475. The van der Waals surface area contributed by atoms with Crippen molar-refractivity contribution < 1.29 is 13.2 Å². The zero-order chi connectivity index (χ0) is 13.2. The Morgan fingerprint density at radius 3 is 2.56 bits per heavy atom. The van der Waals surface area contributed by atoms with Gasteiger partial charge in [-0.1, -0.05) is 23.1 Å². The first-order valence-electron chi connectivity index (χ1n) is 4.59. The molecule has 0 aliphatic carbocycles. The highest BCUT2D eigenvalue weighted by Crippen LogP contribution is 2.30. The second kappa shape index (κ2) is 5.41. The highest BCUT2D eigenvalue weighted by molar-refractivity contribution is 7.98. The molecule has 2 aromatic heterocycles. The molecule has 0 saturated heterocycles. The quantitative estimate of drug-likeness (QED) is 0.806. The molecule has 0 aliphatic heterocycles. The third-order valence-electron chi connectivity index (χ3n) is 1.85. The smallest absolute Gasteiger partial charge is 0.249 e. The number of aromatic nitrogens is 3. The van der Waals surface area contributed by atoms with E-state index in [0.29, 0.717) is 20.3 Å². The fourth-order valence-corrected chi connectivity index (χ4v) is 2.76. The maximum Gasteiger partial charge on any atom is 0.417 e. The molecule has 0 unspecified atom stereocenters. The molecule has 2 aromatic rings. The molecule has 0 N–H and O–H groups in total. The van der Waals surface area contributed by atoms with Crippen molar-refractivity contribution in [2.75, 3.05) is 0 Å². The van der Waals surface area contributed by atoms with Crippen LogP contribution >= 0.6 is 34.7 Å². The summed E-state index contributed by atoms with van der Waals surface area (Å²) < 4.78 is 37.2. The molecule has 0 aliphatic rings. The molecule has 0 aromatic carbocycles. The third-order valence-corrected chi connectivity index (χ3v) is 4.01. The number of rotatable bonds is 3. The van der Waals surface area contributed by atoms with Crippen molar-refractivity contribution in [3.8, 4) is 0 Å². The second-order valence-corrected chi connectivity index (χ2v) is 5.76. The second-order valence-electron chi connectivity index (χ2n) is 3.12. The summed E-state index contributed by atoms with van der Waals surface area (Å²) in [5.41, 5.74) is -0.759. The molecular weight excluding hydrogens is 307 g/mol. The maximum absolute atomic E-state index is 12.3. The number of alkyl halides is 3. The van der Waals surface area contributed by atoms with E-state index in [0.717, 1.165) is 12.3 Å². The van der Waals surface area contributed by atoms with E-state index in [1.807, 2.05) is 0 Å². The molecule has 0 spiro atoms. The van der Waals surface area contributed by atoms with Crippen molar-refractivity contribution in [1.29, 1.82) is 0 Å². The van der Waals surface area contributed by atoms with Crippen LogP contribution < -0.4 is 0 Å². The van der Waals surface area contributed by atoms with Crippen LogP contribution in [0, 0.1) is 0 Å². The average Bonchev–Trinajstić information content (AvgIpc) is 2.72. The van der Waals surface area contributed by atoms with Crippen molar-refractivity contribution in [3.05, 3.63) is 33.4 Å². The summed E-state index contributed by atoms with van der Waals surface area (Å²) in [6, 6.07) is 2.33. The lowest BCUT2D eigenvalue weighted by Gasteiger charge is -2.05. The summed E-state index contributed by atoms with van der Waals surface area (Å²) in [4.78, 5) is 3.73. The Bertz CT molecular complexity index is 527. The van der Waals surface area contributed by atoms with Gasteiger partial charge in [-0.15, -0.1) is 10.2 Å². The summed E-state index contributed by atoms with van der Waals surface area (Å²) in [6.07, 6.45) is -3.54. The van der Waals surface area contributed by atoms with Gasteiger partial charge in [-0.25, -0.2) is 4.98 Å². The van der Waals surface area contributed by atoms with Gasteiger partial charge in [-0.2, -0.15) is 13.2 Å². The van der Waals surface area contributed by atoms with E-state index in [-0.39, 0.29) is 0 Å². The monoisotopic (exact) mass is 311 g/mol. The first-order valence-corrected chi connectivity index (χ1v) is 6.77. The number of hydrogen-bond donors (Lipinski definition) is 0. The molecule has 2 rings (SSSR count). The predicted octanol–water partition coefficient (Wildman–Crippen LogP) is 3.90. The van der Waals surface area contributed by atoms with Crippen LogP contribution in [0.25, 0.3) is 0 Å². The SMILES string of the molecule is FC(F)(F)c1ccc(SCc2nnc(Cl)s2)nc1. The lowest BCUT2D eigenvalue weighted by atomic mass is 10.3. The van der Waals surface area contributed by atoms with Crippen LogP contribution in [0.2, 0.25) is 4.47 Å². The van der Waals surface area contributed by atoms with Gasteiger partial charge in [0.15, 0.2) is 0 Å². The number of halogens is 4. The van der Waals surface area contributed by atoms with Crippen LogP contribution in [0.3, 0.4) is 0 Å². The molecule has 18 heavy (non-hydrogen) atoms. The Kier molecular flexibility index (Phi) is 4.08. The first-order chi connectivity index (χ1) is 8.45. The van der Waals surface area contributed by atoms with Crippen LogP contribution in [0.1, 0.15) is 10.6 Å². The Labute approximate surface area is 113 Å². The van der Waals surface area contributed by atoms with Crippen LogP contribution in [-0.2, 0) is 11.9 Å². The molecule has 0 radical (unpaired) electrons. The normalized spacial score (nSPS) is 11.8. The first kappa shape index (κ1) is 13.6. The summed E-state index contributed by atoms with van der Waals surface area (Å²) in [7, 11) is 0. The van der Waals surface area contributed by atoms with Gasteiger partial charge in [0.05, 0.1) is 16.3 Å².